The third kappa shape index (κ3) is 4.65. The van der Waals surface area contributed by atoms with Gasteiger partial charge in [-0.15, -0.1) is 11.3 Å². The molecule has 27 heavy (non-hydrogen) atoms. The van der Waals surface area contributed by atoms with Crippen LogP contribution in [0.4, 0.5) is 8.78 Å². The molecule has 1 fully saturated rings. The van der Waals surface area contributed by atoms with Gasteiger partial charge < -0.3 is 10.1 Å². The molecule has 1 aliphatic rings. The molecule has 0 aliphatic carbocycles. The molecular weight excluding hydrogens is 396 g/mol. The Morgan fingerprint density at radius 2 is 2.04 bits per heavy atom. The maximum Gasteiger partial charge on any atom is 0.220 e. The van der Waals surface area contributed by atoms with E-state index in [1.165, 1.54) is 18.4 Å². The Labute approximate surface area is 164 Å². The van der Waals surface area contributed by atoms with Crippen LogP contribution in [-0.2, 0) is 16.0 Å². The third-order valence-electron chi connectivity index (χ3n) is 4.71. The topological polar surface area (TPSA) is 55.4 Å². The van der Waals surface area contributed by atoms with E-state index in [1.807, 2.05) is 5.38 Å². The number of carbonyl (C=O) groups excluding carboxylic acids is 2. The molecular formula is C19H18ClF2NO3S. The monoisotopic (exact) mass is 413 g/mol. The zero-order valence-electron chi connectivity index (χ0n) is 14.6. The molecule has 144 valence electrons. The molecule has 1 aromatic heterocycles. The van der Waals surface area contributed by atoms with Crippen molar-refractivity contribution in [2.75, 3.05) is 13.7 Å². The molecule has 1 saturated heterocycles. The Hall–Kier alpha value is -1.99. The standard InChI is InChI=1S/C19H18ClF2NO3S/c1-26-13-5-15(21)19(16(22)6-13)14-7-18(25)23-8-11(14)4-12(24)2-10-3-17(20)27-9-10/h3,5-6,9,11,14H,2,4,7-8H2,1H3,(H,23,25)/t11-,14-/m1/s1. The van der Waals surface area contributed by atoms with E-state index < -0.39 is 17.6 Å². The summed E-state index contributed by atoms with van der Waals surface area (Å²) in [5, 5.41) is 4.50. The summed E-state index contributed by atoms with van der Waals surface area (Å²) in [6, 6.07) is 3.92. The summed E-state index contributed by atoms with van der Waals surface area (Å²) in [6.45, 7) is 0.199. The van der Waals surface area contributed by atoms with Gasteiger partial charge in [-0.25, -0.2) is 8.78 Å². The second kappa shape index (κ2) is 8.35. The lowest BCUT2D eigenvalue weighted by atomic mass is 9.77. The molecule has 2 heterocycles. The molecule has 2 aromatic rings. The summed E-state index contributed by atoms with van der Waals surface area (Å²) in [4.78, 5) is 24.3. The van der Waals surface area contributed by atoms with Crippen LogP contribution >= 0.6 is 22.9 Å². The lowest BCUT2D eigenvalue weighted by Gasteiger charge is -2.32. The van der Waals surface area contributed by atoms with E-state index in [2.05, 4.69) is 5.32 Å². The van der Waals surface area contributed by atoms with Gasteiger partial charge in [-0.05, 0) is 22.9 Å². The van der Waals surface area contributed by atoms with Gasteiger partial charge >= 0.3 is 0 Å². The molecule has 0 unspecified atom stereocenters. The number of nitrogens with one attached hydrogen (secondary N) is 1. The number of Topliss-reactive ketones (excluding diaryl/α,β-unsaturated/α-hetero) is 1. The van der Waals surface area contributed by atoms with Crippen molar-refractivity contribution in [3.05, 3.63) is 50.7 Å². The van der Waals surface area contributed by atoms with Crippen molar-refractivity contribution in [3.63, 3.8) is 0 Å². The van der Waals surface area contributed by atoms with E-state index in [4.69, 9.17) is 16.3 Å². The van der Waals surface area contributed by atoms with Crippen LogP contribution in [-0.4, -0.2) is 25.3 Å². The van der Waals surface area contributed by atoms with Crippen LogP contribution in [0.1, 0.15) is 29.9 Å². The van der Waals surface area contributed by atoms with Crippen LogP contribution < -0.4 is 10.1 Å². The number of hydrogen-bond acceptors (Lipinski definition) is 4. The number of benzene rings is 1. The largest absolute Gasteiger partial charge is 0.497 e. The summed E-state index contributed by atoms with van der Waals surface area (Å²) >= 11 is 7.22. The minimum absolute atomic E-state index is 0.0649. The summed E-state index contributed by atoms with van der Waals surface area (Å²) in [7, 11) is 1.32. The van der Waals surface area contributed by atoms with Crippen LogP contribution in [0.3, 0.4) is 0 Å². The van der Waals surface area contributed by atoms with Crippen molar-refractivity contribution in [2.24, 2.45) is 5.92 Å². The van der Waals surface area contributed by atoms with Crippen LogP contribution in [0, 0.1) is 17.6 Å². The summed E-state index contributed by atoms with van der Waals surface area (Å²) in [5.41, 5.74) is 0.648. The van der Waals surface area contributed by atoms with Gasteiger partial charge in [0.15, 0.2) is 0 Å². The first-order chi connectivity index (χ1) is 12.9. The van der Waals surface area contributed by atoms with Crippen molar-refractivity contribution < 1.29 is 23.1 Å². The highest BCUT2D eigenvalue weighted by Gasteiger charge is 2.35. The van der Waals surface area contributed by atoms with Crippen LogP contribution in [0.2, 0.25) is 4.34 Å². The van der Waals surface area contributed by atoms with Crippen LogP contribution in [0.5, 0.6) is 5.75 Å². The maximum absolute atomic E-state index is 14.5. The number of piperidine rings is 1. The molecule has 1 N–H and O–H groups in total. The van der Waals surface area contributed by atoms with Crippen molar-refractivity contribution in [1.82, 2.24) is 5.32 Å². The maximum atomic E-state index is 14.5. The van der Waals surface area contributed by atoms with Gasteiger partial charge in [-0.3, -0.25) is 9.59 Å². The van der Waals surface area contributed by atoms with E-state index >= 15 is 0 Å². The predicted molar refractivity (Wildman–Crippen MR) is 99.4 cm³/mol. The molecule has 8 heteroatoms. The summed E-state index contributed by atoms with van der Waals surface area (Å²) in [5.74, 6) is -2.92. The highest BCUT2D eigenvalue weighted by molar-refractivity contribution is 7.14. The SMILES string of the molecule is COc1cc(F)c([C@@H]2CC(=O)NC[C@H]2CC(=O)Cc2csc(Cl)c2)c(F)c1. The first kappa shape index (κ1) is 19.8. The molecule has 0 spiro atoms. The average molecular weight is 414 g/mol. The number of ketones is 1. The van der Waals surface area contributed by atoms with E-state index in [1.54, 1.807) is 6.07 Å². The minimum atomic E-state index is -0.770. The molecule has 4 nitrogen and oxygen atoms in total. The molecule has 0 saturated carbocycles. The number of carbonyl (C=O) groups is 2. The highest BCUT2D eigenvalue weighted by Crippen LogP contribution is 2.37. The Bertz CT molecular complexity index is 847. The molecule has 2 atom stereocenters. The molecule has 0 radical (unpaired) electrons. The molecule has 1 aromatic carbocycles. The number of thiophene rings is 1. The number of hydrogen-bond donors (Lipinski definition) is 1. The molecule has 3 rings (SSSR count). The van der Waals surface area contributed by atoms with Crippen molar-refractivity contribution in [2.45, 2.75) is 25.2 Å². The smallest absolute Gasteiger partial charge is 0.220 e. The number of amides is 1. The highest BCUT2D eigenvalue weighted by atomic mass is 35.5. The van der Waals surface area contributed by atoms with Gasteiger partial charge in [0.1, 0.15) is 23.2 Å². The van der Waals surface area contributed by atoms with E-state index in [0.717, 1.165) is 17.7 Å². The van der Waals surface area contributed by atoms with Gasteiger partial charge in [-0.1, -0.05) is 11.6 Å². The van der Waals surface area contributed by atoms with E-state index in [0.29, 0.717) is 4.34 Å². The van der Waals surface area contributed by atoms with Gasteiger partial charge in [0.05, 0.1) is 11.4 Å². The Morgan fingerprint density at radius 3 is 2.63 bits per heavy atom. The molecule has 1 amide bonds. The summed E-state index contributed by atoms with van der Waals surface area (Å²) < 4.78 is 34.5. The normalized spacial score (nSPS) is 19.6. The van der Waals surface area contributed by atoms with Crippen molar-refractivity contribution >= 4 is 34.6 Å². The Kier molecular flexibility index (Phi) is 6.11. The van der Waals surface area contributed by atoms with Gasteiger partial charge in [0, 0.05) is 49.4 Å². The number of halogens is 3. The summed E-state index contributed by atoms with van der Waals surface area (Å²) in [6.07, 6.45) is 0.250. The number of methoxy groups -OCH3 is 1. The van der Waals surface area contributed by atoms with Gasteiger partial charge in [0.2, 0.25) is 5.91 Å². The lowest BCUT2D eigenvalue weighted by molar-refractivity contribution is -0.125. The van der Waals surface area contributed by atoms with Crippen LogP contribution in [0.15, 0.2) is 23.6 Å². The second-order valence-electron chi connectivity index (χ2n) is 6.56. The fourth-order valence-electron chi connectivity index (χ4n) is 3.44. The van der Waals surface area contributed by atoms with Crippen LogP contribution in [0.25, 0.3) is 0 Å². The predicted octanol–water partition coefficient (Wildman–Crippen LogP) is 4.11. The van der Waals surface area contributed by atoms with E-state index in [-0.39, 0.29) is 54.7 Å². The number of rotatable bonds is 6. The van der Waals surface area contributed by atoms with Crippen molar-refractivity contribution in [1.29, 1.82) is 0 Å². The van der Waals surface area contributed by atoms with Gasteiger partial charge in [-0.2, -0.15) is 0 Å². The first-order valence-corrected chi connectivity index (χ1v) is 9.67. The van der Waals surface area contributed by atoms with E-state index in [9.17, 15) is 18.4 Å². The Balaban J connectivity index is 1.81. The Morgan fingerprint density at radius 1 is 1.33 bits per heavy atom. The minimum Gasteiger partial charge on any atom is -0.497 e. The fraction of sp³-hybridized carbons (Fsp3) is 0.368. The fourth-order valence-corrected chi connectivity index (χ4v) is 4.35. The molecule has 0 bridgehead atoms. The van der Waals surface area contributed by atoms with Crippen molar-refractivity contribution in [3.8, 4) is 5.75 Å². The second-order valence-corrected chi connectivity index (χ2v) is 8.10. The zero-order chi connectivity index (χ0) is 19.6. The average Bonchev–Trinajstić information content (AvgIpc) is 3.01. The number of ether oxygens (including phenoxy) is 1. The quantitative estimate of drug-likeness (QED) is 0.775. The molecule has 1 aliphatic heterocycles. The third-order valence-corrected chi connectivity index (χ3v) is 5.85. The van der Waals surface area contributed by atoms with Gasteiger partial charge in [0.25, 0.3) is 0 Å². The lowest BCUT2D eigenvalue weighted by Crippen LogP contribution is -2.41. The zero-order valence-corrected chi connectivity index (χ0v) is 16.1. The first-order valence-electron chi connectivity index (χ1n) is 8.41.